The molecule has 2 heterocycles. The van der Waals surface area contributed by atoms with Gasteiger partial charge in [-0.2, -0.15) is 0 Å². The normalized spacial score (nSPS) is 21.0. The molecule has 2 unspecified atom stereocenters. The standard InChI is InChI=1S/C18H22N4O4/c1-2-11(19)9-20-8-10-4-3-5-12-15(10)18(26)22(17(12)25)13-6-7-14(23)21-16(13)24/h3-5,11,13,20H,2,6-9,19H2,1H3,(H,21,23,24). The fourth-order valence-corrected chi connectivity index (χ4v) is 3.27. The van der Waals surface area contributed by atoms with Crippen LogP contribution in [0.2, 0.25) is 0 Å². The molecule has 1 fully saturated rings. The number of nitrogens with zero attached hydrogens (tertiary/aromatic N) is 1. The minimum atomic E-state index is -0.950. The second-order valence-electron chi connectivity index (χ2n) is 6.59. The number of hydrogen-bond acceptors (Lipinski definition) is 6. The molecule has 8 heteroatoms. The highest BCUT2D eigenvalue weighted by molar-refractivity contribution is 6.24. The molecule has 1 aromatic carbocycles. The first-order valence-electron chi connectivity index (χ1n) is 8.73. The van der Waals surface area contributed by atoms with Gasteiger partial charge < -0.3 is 11.1 Å². The lowest BCUT2D eigenvalue weighted by Crippen LogP contribution is -2.54. The summed E-state index contributed by atoms with van der Waals surface area (Å²) in [6.07, 6.45) is 1.09. The molecule has 4 amide bonds. The van der Waals surface area contributed by atoms with E-state index < -0.39 is 23.8 Å². The number of nitrogens with one attached hydrogen (secondary N) is 2. The van der Waals surface area contributed by atoms with Gasteiger partial charge in [0.1, 0.15) is 6.04 Å². The summed E-state index contributed by atoms with van der Waals surface area (Å²) in [4.78, 5) is 50.0. The molecule has 0 saturated carbocycles. The number of hydrogen-bond donors (Lipinski definition) is 3. The van der Waals surface area contributed by atoms with Crippen LogP contribution in [0, 0.1) is 0 Å². The molecule has 2 aliphatic rings. The van der Waals surface area contributed by atoms with Crippen LogP contribution in [0.5, 0.6) is 0 Å². The number of nitrogens with two attached hydrogens (primary N) is 1. The topological polar surface area (TPSA) is 122 Å². The summed E-state index contributed by atoms with van der Waals surface area (Å²) < 4.78 is 0. The second-order valence-corrected chi connectivity index (χ2v) is 6.59. The first-order chi connectivity index (χ1) is 12.4. The van der Waals surface area contributed by atoms with Crippen molar-refractivity contribution in [3.8, 4) is 0 Å². The Kier molecular flexibility index (Phi) is 5.15. The van der Waals surface area contributed by atoms with E-state index in [1.54, 1.807) is 18.2 Å². The summed E-state index contributed by atoms with van der Waals surface area (Å²) in [5, 5.41) is 5.39. The fraction of sp³-hybridized carbons (Fsp3) is 0.444. The predicted molar refractivity (Wildman–Crippen MR) is 93.1 cm³/mol. The van der Waals surface area contributed by atoms with Crippen molar-refractivity contribution in [3.05, 3.63) is 34.9 Å². The molecule has 0 spiro atoms. The summed E-state index contributed by atoms with van der Waals surface area (Å²) >= 11 is 0. The summed E-state index contributed by atoms with van der Waals surface area (Å²) in [7, 11) is 0. The van der Waals surface area contributed by atoms with Crippen LogP contribution in [-0.4, -0.2) is 47.2 Å². The molecule has 1 aromatic rings. The van der Waals surface area contributed by atoms with E-state index in [1.165, 1.54) is 0 Å². The summed E-state index contributed by atoms with van der Waals surface area (Å²) in [6, 6.07) is 4.15. The predicted octanol–water partition coefficient (Wildman–Crippen LogP) is -0.0853. The van der Waals surface area contributed by atoms with Crippen LogP contribution in [0.4, 0.5) is 0 Å². The Balaban J connectivity index is 1.82. The summed E-state index contributed by atoms with van der Waals surface area (Å²) in [6.45, 7) is 2.99. The Morgan fingerprint density at radius 2 is 2.04 bits per heavy atom. The summed E-state index contributed by atoms with van der Waals surface area (Å²) in [5.41, 5.74) is 7.18. The van der Waals surface area contributed by atoms with Crippen molar-refractivity contribution in [2.45, 2.75) is 44.8 Å². The molecule has 0 aromatic heterocycles. The first kappa shape index (κ1) is 18.2. The molecule has 2 atom stereocenters. The second kappa shape index (κ2) is 7.35. The van der Waals surface area contributed by atoms with Crippen molar-refractivity contribution in [3.63, 3.8) is 0 Å². The van der Waals surface area contributed by atoms with E-state index in [4.69, 9.17) is 5.73 Å². The number of benzene rings is 1. The Labute approximate surface area is 151 Å². The van der Waals surface area contributed by atoms with Crippen LogP contribution in [0.3, 0.4) is 0 Å². The molecule has 1 saturated heterocycles. The average molecular weight is 358 g/mol. The lowest BCUT2D eigenvalue weighted by molar-refractivity contribution is -0.136. The smallest absolute Gasteiger partial charge is 0.262 e. The Hall–Kier alpha value is -2.58. The van der Waals surface area contributed by atoms with E-state index in [0.29, 0.717) is 29.8 Å². The number of fused-ring (bicyclic) bond motifs is 1. The maximum atomic E-state index is 12.9. The number of piperidine rings is 1. The van der Waals surface area contributed by atoms with E-state index in [-0.39, 0.29) is 24.8 Å². The highest BCUT2D eigenvalue weighted by Crippen LogP contribution is 2.29. The van der Waals surface area contributed by atoms with Crippen molar-refractivity contribution in [1.29, 1.82) is 0 Å². The van der Waals surface area contributed by atoms with Crippen LogP contribution in [0.15, 0.2) is 18.2 Å². The van der Waals surface area contributed by atoms with Crippen molar-refractivity contribution in [2.24, 2.45) is 5.73 Å². The summed E-state index contributed by atoms with van der Waals surface area (Å²) in [5.74, 6) is -1.98. The van der Waals surface area contributed by atoms with E-state index >= 15 is 0 Å². The van der Waals surface area contributed by atoms with Gasteiger partial charge >= 0.3 is 0 Å². The van der Waals surface area contributed by atoms with Gasteiger partial charge in [0, 0.05) is 25.6 Å². The molecule has 8 nitrogen and oxygen atoms in total. The zero-order valence-corrected chi connectivity index (χ0v) is 14.6. The third kappa shape index (κ3) is 3.25. The third-order valence-electron chi connectivity index (χ3n) is 4.80. The highest BCUT2D eigenvalue weighted by Gasteiger charge is 2.45. The van der Waals surface area contributed by atoms with Crippen molar-refractivity contribution in [2.75, 3.05) is 6.54 Å². The number of amides is 4. The fourth-order valence-electron chi connectivity index (χ4n) is 3.27. The number of carbonyl (C=O) groups is 4. The Bertz CT molecular complexity index is 776. The molecule has 2 aliphatic heterocycles. The van der Waals surface area contributed by atoms with Gasteiger partial charge in [0.05, 0.1) is 11.1 Å². The SMILES string of the molecule is CCC(N)CNCc1cccc2c1C(=O)N(C1CCC(=O)NC1=O)C2=O. The number of imide groups is 2. The van der Waals surface area contributed by atoms with Crippen molar-refractivity contribution in [1.82, 2.24) is 15.5 Å². The third-order valence-corrected chi connectivity index (χ3v) is 4.80. The molecule has 3 rings (SSSR count). The van der Waals surface area contributed by atoms with Gasteiger partial charge in [-0.05, 0) is 24.5 Å². The van der Waals surface area contributed by atoms with Crippen LogP contribution < -0.4 is 16.4 Å². The maximum absolute atomic E-state index is 12.9. The van der Waals surface area contributed by atoms with Gasteiger partial charge in [0.2, 0.25) is 11.8 Å². The van der Waals surface area contributed by atoms with Crippen LogP contribution in [0.25, 0.3) is 0 Å². The Morgan fingerprint density at radius 1 is 1.27 bits per heavy atom. The van der Waals surface area contributed by atoms with Gasteiger partial charge in [0.15, 0.2) is 0 Å². The molecular formula is C18H22N4O4. The molecule has 4 N–H and O–H groups in total. The minimum absolute atomic E-state index is 0.0177. The molecule has 138 valence electrons. The van der Waals surface area contributed by atoms with Gasteiger partial charge in [-0.15, -0.1) is 0 Å². The quantitative estimate of drug-likeness (QED) is 0.611. The lowest BCUT2D eigenvalue weighted by Gasteiger charge is -2.27. The van der Waals surface area contributed by atoms with Crippen molar-refractivity contribution >= 4 is 23.6 Å². The average Bonchev–Trinajstić information content (AvgIpc) is 2.87. The maximum Gasteiger partial charge on any atom is 0.262 e. The van der Waals surface area contributed by atoms with E-state index in [2.05, 4.69) is 10.6 Å². The lowest BCUT2D eigenvalue weighted by atomic mass is 10.0. The zero-order valence-electron chi connectivity index (χ0n) is 14.6. The molecule has 0 aliphatic carbocycles. The van der Waals surface area contributed by atoms with Gasteiger partial charge in [-0.1, -0.05) is 19.1 Å². The van der Waals surface area contributed by atoms with Gasteiger partial charge in [-0.3, -0.25) is 29.4 Å². The molecule has 0 bridgehead atoms. The number of carbonyl (C=O) groups excluding carboxylic acids is 4. The largest absolute Gasteiger partial charge is 0.327 e. The van der Waals surface area contributed by atoms with E-state index in [9.17, 15) is 19.2 Å². The van der Waals surface area contributed by atoms with Gasteiger partial charge in [-0.25, -0.2) is 0 Å². The van der Waals surface area contributed by atoms with Crippen LogP contribution in [-0.2, 0) is 16.1 Å². The Morgan fingerprint density at radius 3 is 2.73 bits per heavy atom. The van der Waals surface area contributed by atoms with Gasteiger partial charge in [0.25, 0.3) is 11.8 Å². The molecule has 0 radical (unpaired) electrons. The van der Waals surface area contributed by atoms with Crippen LogP contribution in [0.1, 0.15) is 52.5 Å². The van der Waals surface area contributed by atoms with E-state index in [1.807, 2.05) is 6.92 Å². The number of rotatable bonds is 6. The van der Waals surface area contributed by atoms with Crippen molar-refractivity contribution < 1.29 is 19.2 Å². The van der Waals surface area contributed by atoms with Crippen LogP contribution >= 0.6 is 0 Å². The van der Waals surface area contributed by atoms with E-state index in [0.717, 1.165) is 11.3 Å². The zero-order chi connectivity index (χ0) is 18.8. The highest BCUT2D eigenvalue weighted by atomic mass is 16.2. The molecular weight excluding hydrogens is 336 g/mol. The monoisotopic (exact) mass is 358 g/mol. The molecule has 26 heavy (non-hydrogen) atoms. The first-order valence-corrected chi connectivity index (χ1v) is 8.73. The minimum Gasteiger partial charge on any atom is -0.327 e.